The fourth-order valence-electron chi connectivity index (χ4n) is 5.81. The Hall–Kier alpha value is -5.19. The van der Waals surface area contributed by atoms with Gasteiger partial charge in [-0.1, -0.05) is 121 Å². The van der Waals surface area contributed by atoms with E-state index >= 15 is 0 Å². The maximum atomic E-state index is 4.97. The largest absolute Gasteiger partial charge is 0.208 e. The van der Waals surface area contributed by atoms with E-state index in [1.807, 2.05) is 41.7 Å². The molecule has 43 heavy (non-hydrogen) atoms. The molecule has 1 aliphatic rings. The van der Waals surface area contributed by atoms with Gasteiger partial charge in [0.05, 0.1) is 0 Å². The molecule has 0 spiro atoms. The molecule has 4 heteroatoms. The van der Waals surface area contributed by atoms with Gasteiger partial charge in [0, 0.05) is 36.9 Å². The number of rotatable bonds is 5. The Kier molecular flexibility index (Phi) is 6.47. The number of allylic oxidation sites excluding steroid dienone is 4. The van der Waals surface area contributed by atoms with Crippen molar-refractivity contribution < 1.29 is 0 Å². The molecule has 0 atom stereocenters. The maximum absolute atomic E-state index is 4.97. The summed E-state index contributed by atoms with van der Waals surface area (Å²) in [4.78, 5) is 14.8. The Morgan fingerprint density at radius 2 is 1.12 bits per heavy atom. The van der Waals surface area contributed by atoms with Crippen LogP contribution in [-0.2, 0) is 0 Å². The summed E-state index contributed by atoms with van der Waals surface area (Å²) < 4.78 is 2.65. The van der Waals surface area contributed by atoms with E-state index in [9.17, 15) is 0 Å². The first-order valence-electron chi connectivity index (χ1n) is 14.6. The van der Waals surface area contributed by atoms with Crippen LogP contribution >= 0.6 is 11.3 Å². The van der Waals surface area contributed by atoms with Gasteiger partial charge in [0.25, 0.3) is 0 Å². The van der Waals surface area contributed by atoms with Crippen LogP contribution in [0.5, 0.6) is 0 Å². The molecule has 0 fully saturated rings. The second-order valence-electron chi connectivity index (χ2n) is 10.8. The van der Waals surface area contributed by atoms with E-state index in [1.54, 1.807) is 0 Å². The molecule has 0 unspecified atom stereocenters. The Balaban J connectivity index is 1.22. The maximum Gasteiger partial charge on any atom is 0.164 e. The van der Waals surface area contributed by atoms with Crippen LogP contribution in [-0.4, -0.2) is 15.0 Å². The molecule has 0 amide bonds. The lowest BCUT2D eigenvalue weighted by Crippen LogP contribution is -2.03. The minimum Gasteiger partial charge on any atom is -0.208 e. The van der Waals surface area contributed by atoms with Crippen LogP contribution < -0.4 is 0 Å². The second kappa shape index (κ2) is 10.9. The summed E-state index contributed by atoms with van der Waals surface area (Å²) >= 11 is 1.87. The van der Waals surface area contributed by atoms with E-state index < -0.39 is 0 Å². The highest BCUT2D eigenvalue weighted by Gasteiger charge is 2.15. The first-order valence-corrected chi connectivity index (χ1v) is 15.4. The smallest absolute Gasteiger partial charge is 0.164 e. The molecule has 0 aliphatic heterocycles. The van der Waals surface area contributed by atoms with E-state index in [2.05, 4.69) is 109 Å². The minimum atomic E-state index is 0.678. The molecule has 0 saturated carbocycles. The third kappa shape index (κ3) is 4.86. The van der Waals surface area contributed by atoms with Gasteiger partial charge in [0.1, 0.15) is 0 Å². The lowest BCUT2D eigenvalue weighted by atomic mass is 9.97. The third-order valence-corrected chi connectivity index (χ3v) is 9.17. The van der Waals surface area contributed by atoms with E-state index in [-0.39, 0.29) is 0 Å². The summed E-state index contributed by atoms with van der Waals surface area (Å²) in [6, 6.07) is 42.8. The zero-order valence-electron chi connectivity index (χ0n) is 23.4. The molecular weight excluding hydrogens is 543 g/mol. The van der Waals surface area contributed by atoms with Crippen molar-refractivity contribution >= 4 is 37.1 Å². The average Bonchev–Trinajstić information content (AvgIpc) is 3.48. The number of aromatic nitrogens is 3. The first kappa shape index (κ1) is 25.5. The number of hydrogen-bond acceptors (Lipinski definition) is 4. The highest BCUT2D eigenvalue weighted by Crippen LogP contribution is 2.40. The highest BCUT2D eigenvalue weighted by molar-refractivity contribution is 7.26. The van der Waals surface area contributed by atoms with Gasteiger partial charge >= 0.3 is 0 Å². The molecule has 0 saturated heterocycles. The van der Waals surface area contributed by atoms with E-state index in [1.165, 1.54) is 31.3 Å². The third-order valence-electron chi connectivity index (χ3n) is 7.95. The molecule has 0 radical (unpaired) electrons. The van der Waals surface area contributed by atoms with Crippen molar-refractivity contribution in [2.45, 2.75) is 12.8 Å². The van der Waals surface area contributed by atoms with Crippen LogP contribution in [0.25, 0.3) is 70.8 Å². The zero-order chi connectivity index (χ0) is 28.6. The van der Waals surface area contributed by atoms with Crippen molar-refractivity contribution in [3.05, 3.63) is 145 Å². The van der Waals surface area contributed by atoms with E-state index in [0.717, 1.165) is 40.7 Å². The molecule has 8 rings (SSSR count). The molecule has 5 aromatic carbocycles. The quantitative estimate of drug-likeness (QED) is 0.207. The summed E-state index contributed by atoms with van der Waals surface area (Å²) in [7, 11) is 0. The molecule has 2 heterocycles. The van der Waals surface area contributed by atoms with Gasteiger partial charge in [-0.05, 0) is 53.3 Å². The van der Waals surface area contributed by atoms with E-state index in [0.29, 0.717) is 17.5 Å². The van der Waals surface area contributed by atoms with Gasteiger partial charge in [-0.25, -0.2) is 15.0 Å². The summed E-state index contributed by atoms with van der Waals surface area (Å²) in [5.74, 6) is 2.07. The normalized spacial score (nSPS) is 13.0. The van der Waals surface area contributed by atoms with Crippen LogP contribution in [0.4, 0.5) is 0 Å². The second-order valence-corrected chi connectivity index (χ2v) is 11.8. The SMILES string of the molecule is C1=CC(c2nc(-c3ccccc3)nc(-c3cccc(-c4cccc(-c5cccc6c5sc5ccccc56)c4)c3)n2)=CCC1. The number of thiophene rings is 1. The Morgan fingerprint density at radius 3 is 1.93 bits per heavy atom. The molecule has 1 aliphatic carbocycles. The van der Waals surface area contributed by atoms with E-state index in [4.69, 9.17) is 15.0 Å². The monoisotopic (exact) mass is 569 g/mol. The summed E-state index contributed by atoms with van der Waals surface area (Å²) in [5.41, 5.74) is 7.76. The lowest BCUT2D eigenvalue weighted by Gasteiger charge is -2.12. The predicted molar refractivity (Wildman–Crippen MR) is 181 cm³/mol. The minimum absolute atomic E-state index is 0.678. The number of fused-ring (bicyclic) bond motifs is 3. The standard InChI is InChI=1S/C39H27N3S/c1-3-12-26(13-4-1)37-40-38(27-14-5-2-6-15-27)42-39(41-37)31-19-10-17-29(25-31)28-16-9-18-30(24-28)32-21-11-22-34-33-20-7-8-23-35(33)43-36(32)34/h1,3-5,7-25H,2,6H2. The molecule has 204 valence electrons. The topological polar surface area (TPSA) is 38.7 Å². The zero-order valence-corrected chi connectivity index (χ0v) is 24.3. The average molecular weight is 570 g/mol. The van der Waals surface area contributed by atoms with Gasteiger partial charge in [0.2, 0.25) is 0 Å². The van der Waals surface area contributed by atoms with Crippen molar-refractivity contribution in [1.29, 1.82) is 0 Å². The van der Waals surface area contributed by atoms with Gasteiger partial charge in [-0.3, -0.25) is 0 Å². The molecule has 0 N–H and O–H groups in total. The Labute approximate surface area is 254 Å². The van der Waals surface area contributed by atoms with Crippen LogP contribution in [0.15, 0.2) is 140 Å². The summed E-state index contributed by atoms with van der Waals surface area (Å²) in [5, 5.41) is 2.63. The fraction of sp³-hybridized carbons (Fsp3) is 0.0513. The van der Waals surface area contributed by atoms with Gasteiger partial charge in [-0.15, -0.1) is 11.3 Å². The number of benzene rings is 5. The van der Waals surface area contributed by atoms with Crippen molar-refractivity contribution in [3.63, 3.8) is 0 Å². The highest BCUT2D eigenvalue weighted by atomic mass is 32.1. The van der Waals surface area contributed by atoms with Gasteiger partial charge < -0.3 is 0 Å². The lowest BCUT2D eigenvalue weighted by molar-refractivity contribution is 1.01. The Morgan fingerprint density at radius 1 is 0.488 bits per heavy atom. The van der Waals surface area contributed by atoms with Crippen LogP contribution in [0.2, 0.25) is 0 Å². The molecule has 2 aromatic heterocycles. The van der Waals surface area contributed by atoms with Crippen molar-refractivity contribution in [3.8, 4) is 45.0 Å². The van der Waals surface area contributed by atoms with Crippen LogP contribution in [0.1, 0.15) is 18.7 Å². The number of hydrogen-bond donors (Lipinski definition) is 0. The summed E-state index contributed by atoms with van der Waals surface area (Å²) in [6.45, 7) is 0. The fourth-order valence-corrected chi connectivity index (χ4v) is 7.05. The first-order chi connectivity index (χ1) is 21.3. The van der Waals surface area contributed by atoms with Crippen molar-refractivity contribution in [2.24, 2.45) is 0 Å². The molecule has 7 aromatic rings. The molecular formula is C39H27N3S. The van der Waals surface area contributed by atoms with Crippen molar-refractivity contribution in [1.82, 2.24) is 15.0 Å². The summed E-state index contributed by atoms with van der Waals surface area (Å²) in [6.07, 6.45) is 8.57. The van der Waals surface area contributed by atoms with Gasteiger partial charge in [0.15, 0.2) is 17.5 Å². The Bertz CT molecular complexity index is 2190. The predicted octanol–water partition coefficient (Wildman–Crippen LogP) is 10.6. The van der Waals surface area contributed by atoms with Crippen LogP contribution in [0, 0.1) is 0 Å². The molecule has 0 bridgehead atoms. The van der Waals surface area contributed by atoms with Gasteiger partial charge in [-0.2, -0.15) is 0 Å². The number of nitrogens with zero attached hydrogens (tertiary/aromatic N) is 3. The van der Waals surface area contributed by atoms with Crippen molar-refractivity contribution in [2.75, 3.05) is 0 Å². The van der Waals surface area contributed by atoms with Crippen LogP contribution in [0.3, 0.4) is 0 Å². The molecule has 3 nitrogen and oxygen atoms in total.